The lowest BCUT2D eigenvalue weighted by molar-refractivity contribution is -0.127. The summed E-state index contributed by atoms with van der Waals surface area (Å²) in [6, 6.07) is 11.2. The highest BCUT2D eigenvalue weighted by molar-refractivity contribution is 8.18. The van der Waals surface area contributed by atoms with Crippen LogP contribution in [0, 0.1) is 6.92 Å². The van der Waals surface area contributed by atoms with Crippen LogP contribution < -0.4 is 10.2 Å². The lowest BCUT2D eigenvalue weighted by atomic mass is 9.88. The zero-order chi connectivity index (χ0) is 25.5. The molecule has 0 atom stereocenters. The second-order valence-electron chi connectivity index (χ2n) is 9.30. The van der Waals surface area contributed by atoms with Crippen LogP contribution in [0.25, 0.3) is 11.6 Å². The Hall–Kier alpha value is -3.03. The molecule has 3 amide bonds. The number of aryl methyl sites for hydroxylation is 1. The fourth-order valence-corrected chi connectivity index (χ4v) is 5.60. The molecule has 0 saturated carbocycles. The Balaban J connectivity index is 1.56. The third-order valence-corrected chi connectivity index (χ3v) is 7.44. The maximum atomic E-state index is 13.0. The van der Waals surface area contributed by atoms with E-state index in [1.54, 1.807) is 18.2 Å². The Bertz CT molecular complexity index is 1280. The van der Waals surface area contributed by atoms with Crippen molar-refractivity contribution in [2.45, 2.75) is 40.2 Å². The smallest absolute Gasteiger partial charge is 0.294 e. The topological polar surface area (TPSA) is 69.7 Å². The summed E-state index contributed by atoms with van der Waals surface area (Å²) in [6.45, 7) is 10.9. The van der Waals surface area contributed by atoms with Crippen molar-refractivity contribution in [2.75, 3.05) is 23.3 Å². The number of anilines is 2. The van der Waals surface area contributed by atoms with Crippen molar-refractivity contribution in [1.29, 1.82) is 0 Å². The summed E-state index contributed by atoms with van der Waals surface area (Å²) in [4.78, 5) is 41.4. The van der Waals surface area contributed by atoms with E-state index in [9.17, 15) is 14.4 Å². The molecule has 1 fully saturated rings. The van der Waals surface area contributed by atoms with Crippen molar-refractivity contribution in [3.63, 3.8) is 0 Å². The van der Waals surface area contributed by atoms with Crippen LogP contribution in [0.2, 0.25) is 5.02 Å². The third kappa shape index (κ3) is 5.02. The van der Waals surface area contributed by atoms with Gasteiger partial charge in [-0.15, -0.1) is 0 Å². The maximum absolute atomic E-state index is 13.0. The number of halogens is 1. The molecule has 182 valence electrons. The van der Waals surface area contributed by atoms with E-state index < -0.39 is 17.1 Å². The highest BCUT2D eigenvalue weighted by Crippen LogP contribution is 2.42. The van der Waals surface area contributed by atoms with Gasteiger partial charge in [0.1, 0.15) is 6.54 Å². The van der Waals surface area contributed by atoms with Crippen molar-refractivity contribution in [3.05, 3.63) is 69.1 Å². The molecule has 8 heteroatoms. The number of nitrogens with zero attached hydrogens (tertiary/aromatic N) is 2. The van der Waals surface area contributed by atoms with Gasteiger partial charge in [0.25, 0.3) is 11.1 Å². The molecule has 1 N–H and O–H groups in total. The van der Waals surface area contributed by atoms with Crippen LogP contribution in [0.15, 0.2) is 47.4 Å². The van der Waals surface area contributed by atoms with E-state index in [-0.39, 0.29) is 17.0 Å². The number of hydrogen-bond acceptors (Lipinski definition) is 5. The predicted octanol–water partition coefficient (Wildman–Crippen LogP) is 6.35. The lowest BCUT2D eigenvalue weighted by Crippen LogP contribution is -2.44. The molecule has 2 aliphatic heterocycles. The van der Waals surface area contributed by atoms with Gasteiger partial charge in [-0.2, -0.15) is 0 Å². The van der Waals surface area contributed by atoms with Crippen molar-refractivity contribution < 1.29 is 14.4 Å². The number of amides is 3. The van der Waals surface area contributed by atoms with Crippen LogP contribution in [0.4, 0.5) is 16.2 Å². The van der Waals surface area contributed by atoms with Gasteiger partial charge in [-0.25, -0.2) is 0 Å². The summed E-state index contributed by atoms with van der Waals surface area (Å²) >= 11 is 7.45. The molecule has 0 aromatic heterocycles. The Morgan fingerprint density at radius 2 is 1.83 bits per heavy atom. The first-order valence-electron chi connectivity index (χ1n) is 11.4. The number of hydrogen-bond donors (Lipinski definition) is 1. The van der Waals surface area contributed by atoms with Gasteiger partial charge in [0.15, 0.2) is 0 Å². The second kappa shape index (κ2) is 9.55. The fraction of sp³-hybridized carbons (Fsp3) is 0.296. The molecule has 0 radical (unpaired) electrons. The Kier molecular flexibility index (Phi) is 6.84. The first-order chi connectivity index (χ1) is 16.5. The normalized spacial score (nSPS) is 18.1. The van der Waals surface area contributed by atoms with E-state index in [1.807, 2.05) is 31.2 Å². The summed E-state index contributed by atoms with van der Waals surface area (Å²) in [7, 11) is 0. The maximum Gasteiger partial charge on any atom is 0.294 e. The van der Waals surface area contributed by atoms with E-state index in [2.05, 4.69) is 44.0 Å². The molecular formula is C27H28ClN3O3S. The molecule has 0 unspecified atom stereocenters. The average Bonchev–Trinajstić information content (AvgIpc) is 3.03. The van der Waals surface area contributed by atoms with Crippen LogP contribution in [0.1, 0.15) is 44.4 Å². The number of nitrogens with one attached hydrogen (secondary N) is 1. The van der Waals surface area contributed by atoms with Crippen LogP contribution in [-0.2, 0) is 9.59 Å². The molecule has 0 spiro atoms. The number of likely N-dealkylation sites (N-methyl/N-ethyl adjacent to an activating group) is 1. The summed E-state index contributed by atoms with van der Waals surface area (Å²) in [5.74, 6) is -0.941. The lowest BCUT2D eigenvalue weighted by Gasteiger charge is -2.43. The molecule has 6 nitrogen and oxygen atoms in total. The quantitative estimate of drug-likeness (QED) is 0.476. The summed E-state index contributed by atoms with van der Waals surface area (Å²) in [5.41, 5.74) is 5.40. The minimum Gasteiger partial charge on any atom is -0.363 e. The molecule has 4 rings (SSSR count). The van der Waals surface area contributed by atoms with E-state index in [0.29, 0.717) is 16.3 Å². The van der Waals surface area contributed by atoms with Gasteiger partial charge in [0.2, 0.25) is 5.91 Å². The monoisotopic (exact) mass is 509 g/mol. The van der Waals surface area contributed by atoms with Gasteiger partial charge in [-0.05, 0) is 87.9 Å². The van der Waals surface area contributed by atoms with Gasteiger partial charge < -0.3 is 10.2 Å². The number of carbonyl (C=O) groups excluding carboxylic acids is 3. The van der Waals surface area contributed by atoms with Crippen molar-refractivity contribution >= 4 is 63.4 Å². The molecule has 0 bridgehead atoms. The Morgan fingerprint density at radius 1 is 1.14 bits per heavy atom. The van der Waals surface area contributed by atoms with Gasteiger partial charge >= 0.3 is 0 Å². The number of benzene rings is 2. The van der Waals surface area contributed by atoms with E-state index in [4.69, 9.17) is 11.6 Å². The van der Waals surface area contributed by atoms with Crippen LogP contribution in [0.3, 0.4) is 0 Å². The van der Waals surface area contributed by atoms with E-state index in [1.165, 1.54) is 0 Å². The molecule has 2 heterocycles. The van der Waals surface area contributed by atoms with Gasteiger partial charge in [0, 0.05) is 28.5 Å². The summed E-state index contributed by atoms with van der Waals surface area (Å²) in [6.07, 6.45) is 3.85. The number of imide groups is 1. The molecule has 2 aromatic rings. The molecule has 2 aliphatic rings. The number of thioether (sulfide) groups is 1. The highest BCUT2D eigenvalue weighted by atomic mass is 35.5. The predicted molar refractivity (Wildman–Crippen MR) is 145 cm³/mol. The van der Waals surface area contributed by atoms with E-state index >= 15 is 0 Å². The van der Waals surface area contributed by atoms with Crippen LogP contribution in [-0.4, -0.2) is 40.6 Å². The van der Waals surface area contributed by atoms with Crippen LogP contribution in [0.5, 0.6) is 0 Å². The minimum absolute atomic E-state index is 0.140. The molecule has 0 aliphatic carbocycles. The molecule has 1 saturated heterocycles. The first kappa shape index (κ1) is 25.1. The second-order valence-corrected chi connectivity index (χ2v) is 10.7. The number of carbonyl (C=O) groups is 3. The van der Waals surface area contributed by atoms with Crippen molar-refractivity contribution in [2.24, 2.45) is 0 Å². The van der Waals surface area contributed by atoms with E-state index in [0.717, 1.165) is 45.6 Å². The van der Waals surface area contributed by atoms with Gasteiger partial charge in [0.05, 0.1) is 10.4 Å². The Labute approximate surface area is 215 Å². The van der Waals surface area contributed by atoms with Gasteiger partial charge in [-0.3, -0.25) is 19.3 Å². The average molecular weight is 510 g/mol. The molecule has 2 aromatic carbocycles. The van der Waals surface area contributed by atoms with Gasteiger partial charge in [-0.1, -0.05) is 35.4 Å². The SMILES string of the molecule is CCN1c2cc(Cl)c(/C=C3/SC(=O)N(CC(=O)Nc4ccc(C)cc4)C3=O)cc2C(C)=CC1(C)C. The largest absolute Gasteiger partial charge is 0.363 e. The first-order valence-corrected chi connectivity index (χ1v) is 12.6. The number of allylic oxidation sites excluding steroid dienone is 1. The minimum atomic E-state index is -0.503. The summed E-state index contributed by atoms with van der Waals surface area (Å²) < 4.78 is 0. The third-order valence-electron chi connectivity index (χ3n) is 6.21. The number of fused-ring (bicyclic) bond motifs is 1. The zero-order valence-electron chi connectivity index (χ0n) is 20.4. The number of rotatable bonds is 5. The molecular weight excluding hydrogens is 482 g/mol. The molecule has 35 heavy (non-hydrogen) atoms. The summed E-state index contributed by atoms with van der Waals surface area (Å²) in [5, 5.41) is 2.74. The zero-order valence-corrected chi connectivity index (χ0v) is 22.0. The fourth-order valence-electron chi connectivity index (χ4n) is 4.56. The highest BCUT2D eigenvalue weighted by Gasteiger charge is 2.37. The van der Waals surface area contributed by atoms with Crippen molar-refractivity contribution in [1.82, 2.24) is 4.90 Å². The Morgan fingerprint density at radius 3 is 2.49 bits per heavy atom. The van der Waals surface area contributed by atoms with Crippen LogP contribution >= 0.6 is 23.4 Å². The van der Waals surface area contributed by atoms with Crippen molar-refractivity contribution in [3.8, 4) is 0 Å². The standard InChI is InChI=1S/C27H28ClN3O3S/c1-6-31-22-13-21(28)18(11-20(22)17(3)14-27(31,4)5)12-23-25(33)30(26(34)35-23)15-24(32)29-19-9-7-16(2)8-10-19/h7-14H,6,15H2,1-5H3,(H,29,32)/b23-12+.